The Labute approximate surface area is 155 Å². The van der Waals surface area contributed by atoms with E-state index < -0.39 is 18.0 Å². The highest BCUT2D eigenvalue weighted by Crippen LogP contribution is 2.24. The second kappa shape index (κ2) is 7.41. The molecule has 0 aliphatic carbocycles. The fourth-order valence-electron chi connectivity index (χ4n) is 2.80. The molecule has 3 rings (SSSR count). The summed E-state index contributed by atoms with van der Waals surface area (Å²) in [5.41, 5.74) is 1.53. The molecule has 7 nitrogen and oxygen atoms in total. The van der Waals surface area contributed by atoms with Crippen LogP contribution in [0.5, 0.6) is 0 Å². The van der Waals surface area contributed by atoms with E-state index in [1.807, 2.05) is 0 Å². The zero-order chi connectivity index (χ0) is 19.6. The van der Waals surface area contributed by atoms with Gasteiger partial charge in [-0.3, -0.25) is 14.5 Å². The van der Waals surface area contributed by atoms with Gasteiger partial charge in [-0.1, -0.05) is 24.3 Å². The van der Waals surface area contributed by atoms with Gasteiger partial charge in [-0.15, -0.1) is 0 Å². The minimum atomic E-state index is -1.04. The molecule has 0 saturated carbocycles. The van der Waals surface area contributed by atoms with Crippen molar-refractivity contribution in [2.45, 2.75) is 19.6 Å². The molecule has 1 aliphatic rings. The molecule has 0 fully saturated rings. The van der Waals surface area contributed by atoms with E-state index in [1.165, 1.54) is 26.2 Å². The number of methoxy groups -OCH3 is 1. The summed E-state index contributed by atoms with van der Waals surface area (Å²) in [6, 6.07) is 13.0. The van der Waals surface area contributed by atoms with E-state index in [0.717, 1.165) is 4.90 Å². The smallest absolute Gasteiger partial charge is 0.346 e. The van der Waals surface area contributed by atoms with Crippen molar-refractivity contribution in [3.05, 3.63) is 70.8 Å². The van der Waals surface area contributed by atoms with Gasteiger partial charge in [0, 0.05) is 0 Å². The molecule has 0 aromatic heterocycles. The first-order valence-corrected chi connectivity index (χ1v) is 8.25. The maximum Gasteiger partial charge on any atom is 0.346 e. The summed E-state index contributed by atoms with van der Waals surface area (Å²) in [5, 5.41) is 0. The van der Waals surface area contributed by atoms with Gasteiger partial charge in [0.05, 0.1) is 30.3 Å². The maximum absolute atomic E-state index is 12.4. The molecule has 7 heteroatoms. The molecule has 2 aromatic carbocycles. The van der Waals surface area contributed by atoms with Crippen molar-refractivity contribution in [2.75, 3.05) is 7.11 Å². The van der Waals surface area contributed by atoms with Gasteiger partial charge in [0.1, 0.15) is 0 Å². The van der Waals surface area contributed by atoms with Crippen LogP contribution in [-0.2, 0) is 20.8 Å². The SMILES string of the molecule is COC(=O)C(C)OC(=O)c1cccc(CN2C(=O)c3ccccc3C2=O)c1. The van der Waals surface area contributed by atoms with E-state index in [1.54, 1.807) is 36.4 Å². The van der Waals surface area contributed by atoms with Crippen molar-refractivity contribution in [3.8, 4) is 0 Å². The molecular formula is C20H17NO6. The third-order valence-corrected chi connectivity index (χ3v) is 4.20. The normalized spacial score (nSPS) is 13.9. The Bertz CT molecular complexity index is 901. The second-order valence-electron chi connectivity index (χ2n) is 6.01. The molecule has 1 unspecified atom stereocenters. The van der Waals surface area contributed by atoms with Crippen molar-refractivity contribution in [2.24, 2.45) is 0 Å². The maximum atomic E-state index is 12.4. The summed E-state index contributed by atoms with van der Waals surface area (Å²) in [7, 11) is 1.20. The number of ether oxygens (including phenoxy) is 2. The van der Waals surface area contributed by atoms with E-state index >= 15 is 0 Å². The van der Waals surface area contributed by atoms with Gasteiger partial charge in [0.2, 0.25) is 0 Å². The number of nitrogens with zero attached hydrogens (tertiary/aromatic N) is 1. The standard InChI is InChI=1S/C20H17NO6/c1-12(19(24)26-2)27-20(25)14-7-5-6-13(10-14)11-21-17(22)15-8-3-4-9-16(15)18(21)23/h3-10,12H,11H2,1-2H3. The Balaban J connectivity index is 1.75. The summed E-state index contributed by atoms with van der Waals surface area (Å²) in [5.74, 6) is -2.10. The fraction of sp³-hybridized carbons (Fsp3) is 0.200. The molecule has 2 amide bonds. The average Bonchev–Trinajstić information content (AvgIpc) is 2.92. The van der Waals surface area contributed by atoms with Gasteiger partial charge in [0.25, 0.3) is 11.8 Å². The molecule has 0 saturated heterocycles. The van der Waals surface area contributed by atoms with Crippen LogP contribution in [-0.4, -0.2) is 41.9 Å². The van der Waals surface area contributed by atoms with Gasteiger partial charge < -0.3 is 9.47 Å². The molecule has 1 atom stereocenters. The Hall–Kier alpha value is -3.48. The second-order valence-corrected chi connectivity index (χ2v) is 6.01. The van der Waals surface area contributed by atoms with Crippen LogP contribution >= 0.6 is 0 Å². The third kappa shape index (κ3) is 3.57. The van der Waals surface area contributed by atoms with Gasteiger partial charge in [-0.2, -0.15) is 0 Å². The molecule has 0 bridgehead atoms. The first-order valence-electron chi connectivity index (χ1n) is 8.25. The molecule has 2 aromatic rings. The summed E-state index contributed by atoms with van der Waals surface area (Å²) in [6.07, 6.45) is -1.04. The zero-order valence-electron chi connectivity index (χ0n) is 14.8. The highest BCUT2D eigenvalue weighted by molar-refractivity contribution is 6.21. The largest absolute Gasteiger partial charge is 0.466 e. The fourth-order valence-corrected chi connectivity index (χ4v) is 2.80. The first-order chi connectivity index (χ1) is 12.9. The van der Waals surface area contributed by atoms with Crippen LogP contribution in [0.3, 0.4) is 0 Å². The summed E-state index contributed by atoms with van der Waals surface area (Å²) >= 11 is 0. The van der Waals surface area contributed by atoms with Crippen LogP contribution in [0.1, 0.15) is 43.6 Å². The number of hydrogen-bond acceptors (Lipinski definition) is 6. The highest BCUT2D eigenvalue weighted by atomic mass is 16.6. The van der Waals surface area contributed by atoms with Crippen LogP contribution in [0.2, 0.25) is 0 Å². The monoisotopic (exact) mass is 367 g/mol. The van der Waals surface area contributed by atoms with Crippen molar-refractivity contribution in [3.63, 3.8) is 0 Å². The number of carbonyl (C=O) groups excluding carboxylic acids is 4. The van der Waals surface area contributed by atoms with Crippen molar-refractivity contribution >= 4 is 23.8 Å². The van der Waals surface area contributed by atoms with Gasteiger partial charge in [-0.25, -0.2) is 9.59 Å². The minimum Gasteiger partial charge on any atom is -0.466 e. The minimum absolute atomic E-state index is 0.0278. The lowest BCUT2D eigenvalue weighted by atomic mass is 10.1. The van der Waals surface area contributed by atoms with Crippen LogP contribution in [0, 0.1) is 0 Å². The number of imide groups is 1. The van der Waals surface area contributed by atoms with Crippen LogP contribution in [0.15, 0.2) is 48.5 Å². The molecule has 0 radical (unpaired) electrons. The van der Waals surface area contributed by atoms with E-state index in [0.29, 0.717) is 16.7 Å². The van der Waals surface area contributed by atoms with Crippen LogP contribution in [0.25, 0.3) is 0 Å². The van der Waals surface area contributed by atoms with E-state index in [4.69, 9.17) is 4.74 Å². The summed E-state index contributed by atoms with van der Waals surface area (Å²) < 4.78 is 9.56. The summed E-state index contributed by atoms with van der Waals surface area (Å²) in [6.45, 7) is 1.44. The molecule has 1 aliphatic heterocycles. The lowest BCUT2D eigenvalue weighted by Crippen LogP contribution is -2.29. The molecule has 1 heterocycles. The highest BCUT2D eigenvalue weighted by Gasteiger charge is 2.35. The van der Waals surface area contributed by atoms with Crippen molar-refractivity contribution in [1.29, 1.82) is 0 Å². The zero-order valence-corrected chi connectivity index (χ0v) is 14.8. The lowest BCUT2D eigenvalue weighted by Gasteiger charge is -2.15. The quantitative estimate of drug-likeness (QED) is 0.594. The van der Waals surface area contributed by atoms with Gasteiger partial charge in [-0.05, 0) is 36.8 Å². The number of amides is 2. The molecular weight excluding hydrogens is 350 g/mol. The number of carbonyl (C=O) groups is 4. The number of benzene rings is 2. The van der Waals surface area contributed by atoms with Crippen LogP contribution in [0.4, 0.5) is 0 Å². The number of rotatable bonds is 5. The molecule has 0 N–H and O–H groups in total. The number of esters is 2. The third-order valence-electron chi connectivity index (χ3n) is 4.20. The topological polar surface area (TPSA) is 90.0 Å². The Morgan fingerprint density at radius 1 is 1.00 bits per heavy atom. The Morgan fingerprint density at radius 2 is 1.63 bits per heavy atom. The predicted molar refractivity (Wildman–Crippen MR) is 94.0 cm³/mol. The van der Waals surface area contributed by atoms with Gasteiger partial charge in [0.15, 0.2) is 6.10 Å². The molecule has 27 heavy (non-hydrogen) atoms. The number of fused-ring (bicyclic) bond motifs is 1. The first kappa shape index (κ1) is 18.3. The average molecular weight is 367 g/mol. The summed E-state index contributed by atoms with van der Waals surface area (Å²) in [4.78, 5) is 49.6. The molecule has 138 valence electrons. The Kier molecular flexibility index (Phi) is 5.03. The predicted octanol–water partition coefficient (Wildman–Crippen LogP) is 2.20. The van der Waals surface area contributed by atoms with E-state index in [2.05, 4.69) is 4.74 Å². The molecule has 0 spiro atoms. The lowest BCUT2D eigenvalue weighted by molar-refractivity contribution is -0.149. The number of hydrogen-bond donors (Lipinski definition) is 0. The van der Waals surface area contributed by atoms with E-state index in [-0.39, 0.29) is 23.9 Å². The van der Waals surface area contributed by atoms with E-state index in [9.17, 15) is 19.2 Å². The van der Waals surface area contributed by atoms with Gasteiger partial charge >= 0.3 is 11.9 Å². The van der Waals surface area contributed by atoms with Crippen molar-refractivity contribution < 1.29 is 28.7 Å². The Morgan fingerprint density at radius 3 is 2.22 bits per heavy atom. The van der Waals surface area contributed by atoms with Crippen LogP contribution < -0.4 is 0 Å². The van der Waals surface area contributed by atoms with Crippen molar-refractivity contribution in [1.82, 2.24) is 4.90 Å².